The number of alkyl halides is 3. The first-order valence-corrected chi connectivity index (χ1v) is 10.2. The largest absolute Gasteiger partial charge is 0.416 e. The molecule has 0 fully saturated rings. The van der Waals surface area contributed by atoms with Crippen molar-refractivity contribution in [3.63, 3.8) is 0 Å². The molecule has 0 N–H and O–H groups in total. The highest BCUT2D eigenvalue weighted by Gasteiger charge is 2.30. The van der Waals surface area contributed by atoms with Crippen LogP contribution in [0, 0.1) is 10.1 Å². The monoisotopic (exact) mass is 441 g/mol. The molecule has 0 saturated carbocycles. The lowest BCUT2D eigenvalue weighted by molar-refractivity contribution is -0.385. The van der Waals surface area contributed by atoms with E-state index in [1.165, 1.54) is 18.2 Å². The van der Waals surface area contributed by atoms with Crippen LogP contribution in [0.5, 0.6) is 0 Å². The summed E-state index contributed by atoms with van der Waals surface area (Å²) in [5.74, 6) is 0. The number of halogens is 3. The minimum atomic E-state index is -4.38. The average Bonchev–Trinajstić information content (AvgIpc) is 2.74. The number of hydrogen-bond acceptors (Lipinski definition) is 3. The van der Waals surface area contributed by atoms with E-state index in [4.69, 9.17) is 4.43 Å². The van der Waals surface area contributed by atoms with Crippen LogP contribution in [-0.2, 0) is 23.6 Å². The van der Waals surface area contributed by atoms with E-state index in [-0.39, 0.29) is 22.1 Å². The maximum atomic E-state index is 12.8. The van der Waals surface area contributed by atoms with Gasteiger partial charge >= 0.3 is 6.18 Å². The molecule has 0 atom stereocenters. The number of benzene rings is 3. The Kier molecular flexibility index (Phi) is 7.04. The van der Waals surface area contributed by atoms with Gasteiger partial charge in [0.05, 0.1) is 22.7 Å². The molecule has 0 heterocycles. The predicted molar refractivity (Wildman–Crippen MR) is 114 cm³/mol. The molecular formula is C23H18F3NO3Si. The van der Waals surface area contributed by atoms with E-state index in [2.05, 4.69) is 6.58 Å². The van der Waals surface area contributed by atoms with Gasteiger partial charge in [0.2, 0.25) is 0 Å². The van der Waals surface area contributed by atoms with E-state index in [0.717, 1.165) is 22.9 Å². The van der Waals surface area contributed by atoms with Gasteiger partial charge in [0.15, 0.2) is 0 Å². The first-order valence-electron chi connectivity index (χ1n) is 9.29. The normalized spacial score (nSPS) is 11.3. The van der Waals surface area contributed by atoms with Gasteiger partial charge in [-0.3, -0.25) is 10.1 Å². The van der Waals surface area contributed by atoms with Crippen LogP contribution in [0.2, 0.25) is 0 Å². The molecule has 3 aromatic rings. The minimum absolute atomic E-state index is 0.0104. The van der Waals surface area contributed by atoms with Gasteiger partial charge in [0.25, 0.3) is 15.5 Å². The molecule has 0 aliphatic rings. The van der Waals surface area contributed by atoms with Gasteiger partial charge in [0.1, 0.15) is 0 Å². The van der Waals surface area contributed by atoms with Gasteiger partial charge in [-0.15, -0.1) is 0 Å². The molecule has 31 heavy (non-hydrogen) atoms. The zero-order valence-electron chi connectivity index (χ0n) is 16.4. The van der Waals surface area contributed by atoms with Crippen molar-refractivity contribution in [2.45, 2.75) is 19.2 Å². The van der Waals surface area contributed by atoms with Gasteiger partial charge in [-0.1, -0.05) is 55.1 Å². The van der Waals surface area contributed by atoms with E-state index in [1.54, 1.807) is 18.2 Å². The zero-order chi connectivity index (χ0) is 22.4. The second kappa shape index (κ2) is 9.72. The number of allylic oxidation sites excluding steroid dienone is 1. The summed E-state index contributed by atoms with van der Waals surface area (Å²) in [7, 11) is -0.0461. The minimum Gasteiger partial charge on any atom is -0.407 e. The summed E-state index contributed by atoms with van der Waals surface area (Å²) < 4.78 is 44.0. The van der Waals surface area contributed by atoms with E-state index in [1.807, 2.05) is 24.3 Å². The Morgan fingerprint density at radius 2 is 1.58 bits per heavy atom. The fourth-order valence-electron chi connectivity index (χ4n) is 3.00. The van der Waals surface area contributed by atoms with Crippen LogP contribution in [0.4, 0.5) is 18.9 Å². The van der Waals surface area contributed by atoms with Crippen molar-refractivity contribution in [1.29, 1.82) is 0 Å². The fraction of sp³-hybridized carbons (Fsp3) is 0.130. The summed E-state index contributed by atoms with van der Waals surface area (Å²) in [4.78, 5) is 10.7. The molecular weight excluding hydrogens is 423 g/mol. The molecule has 0 aliphatic carbocycles. The molecule has 8 heteroatoms. The molecule has 3 aromatic carbocycles. The lowest BCUT2D eigenvalue weighted by atomic mass is 9.98. The molecule has 0 bridgehead atoms. The summed E-state index contributed by atoms with van der Waals surface area (Å²) in [5.41, 5.74) is 2.06. The van der Waals surface area contributed by atoms with Gasteiger partial charge in [-0.05, 0) is 46.5 Å². The van der Waals surface area contributed by atoms with Gasteiger partial charge in [0, 0.05) is 6.07 Å². The van der Waals surface area contributed by atoms with Crippen LogP contribution in [-0.4, -0.2) is 14.7 Å². The van der Waals surface area contributed by atoms with E-state index in [9.17, 15) is 23.3 Å². The highest BCUT2D eigenvalue weighted by molar-refractivity contribution is 6.47. The van der Waals surface area contributed by atoms with E-state index < -0.39 is 16.7 Å². The number of nitro benzene ring substituents is 1. The molecule has 2 radical (unpaired) electrons. The Morgan fingerprint density at radius 1 is 0.968 bits per heavy atom. The van der Waals surface area contributed by atoms with Crippen LogP contribution in [0.25, 0.3) is 5.57 Å². The zero-order valence-corrected chi connectivity index (χ0v) is 17.4. The van der Waals surface area contributed by atoms with Crippen molar-refractivity contribution < 1.29 is 22.5 Å². The number of nitrogens with zero attached hydrogens (tertiary/aromatic N) is 1. The molecule has 158 valence electrons. The summed E-state index contributed by atoms with van der Waals surface area (Å²) in [6.07, 6.45) is -3.93. The first-order chi connectivity index (χ1) is 14.8. The highest BCUT2D eigenvalue weighted by atomic mass is 28.2. The maximum Gasteiger partial charge on any atom is 0.416 e. The van der Waals surface area contributed by atoms with Crippen LogP contribution in [0.1, 0.15) is 22.3 Å². The fourth-order valence-corrected chi connectivity index (χ4v) is 3.85. The van der Waals surface area contributed by atoms with Crippen molar-refractivity contribution in [2.75, 3.05) is 0 Å². The average molecular weight is 441 g/mol. The molecule has 3 rings (SSSR count). The Labute approximate surface area is 180 Å². The first kappa shape index (κ1) is 22.5. The van der Waals surface area contributed by atoms with Crippen molar-refractivity contribution >= 4 is 26.2 Å². The molecule has 0 aromatic heterocycles. The van der Waals surface area contributed by atoms with Crippen molar-refractivity contribution in [3.8, 4) is 0 Å². The van der Waals surface area contributed by atoms with Crippen molar-refractivity contribution in [3.05, 3.63) is 112 Å². The van der Waals surface area contributed by atoms with Crippen LogP contribution in [0.15, 0.2) is 79.4 Å². The van der Waals surface area contributed by atoms with Crippen LogP contribution in [0.3, 0.4) is 0 Å². The van der Waals surface area contributed by atoms with Crippen molar-refractivity contribution in [2.24, 2.45) is 0 Å². The summed E-state index contributed by atoms with van der Waals surface area (Å²) in [6, 6.07) is 18.9. The molecule has 0 amide bonds. The second-order valence-electron chi connectivity index (χ2n) is 6.79. The number of hydrogen-bond donors (Lipinski definition) is 0. The van der Waals surface area contributed by atoms with Gasteiger partial charge < -0.3 is 4.43 Å². The number of para-hydroxylation sites is 1. The maximum absolute atomic E-state index is 12.8. The number of rotatable bonds is 8. The molecule has 0 aliphatic heterocycles. The summed E-state index contributed by atoms with van der Waals surface area (Å²) in [6.45, 7) is 4.12. The standard InChI is InChI=1S/C23H18F3NO3Si/c1-16(17-10-12-20(13-11-17)23(24,25)26)14-18-6-3-5-9-22(18)31-30-15-19-7-2-4-8-21(19)27(28)29/h2-13H,1,14-15H2. The topological polar surface area (TPSA) is 52.4 Å². The quantitative estimate of drug-likeness (QED) is 0.270. The Hall–Kier alpha value is -3.23. The van der Waals surface area contributed by atoms with Gasteiger partial charge in [-0.25, -0.2) is 0 Å². The lowest BCUT2D eigenvalue weighted by Gasteiger charge is -2.12. The smallest absolute Gasteiger partial charge is 0.407 e. The van der Waals surface area contributed by atoms with E-state index in [0.29, 0.717) is 23.1 Å². The van der Waals surface area contributed by atoms with Crippen LogP contribution >= 0.6 is 0 Å². The molecule has 0 spiro atoms. The van der Waals surface area contributed by atoms with E-state index >= 15 is 0 Å². The summed E-state index contributed by atoms with van der Waals surface area (Å²) in [5, 5.41) is 12.0. The SMILES string of the molecule is C=C(Cc1ccccc1[Si]OCc1ccccc1[N+](=O)[O-])c1ccc(C(F)(F)F)cc1. The highest BCUT2D eigenvalue weighted by Crippen LogP contribution is 2.30. The second-order valence-corrected chi connectivity index (χ2v) is 7.82. The summed E-state index contributed by atoms with van der Waals surface area (Å²) >= 11 is 0. The van der Waals surface area contributed by atoms with Crippen molar-refractivity contribution in [1.82, 2.24) is 0 Å². The third kappa shape index (κ3) is 5.90. The third-order valence-electron chi connectivity index (χ3n) is 4.64. The van der Waals surface area contributed by atoms with Gasteiger partial charge in [-0.2, -0.15) is 13.2 Å². The Morgan fingerprint density at radius 3 is 2.23 bits per heavy atom. The number of nitro groups is 1. The molecule has 0 saturated heterocycles. The Bertz CT molecular complexity index is 1080. The third-order valence-corrected chi connectivity index (χ3v) is 5.64. The molecule has 4 nitrogen and oxygen atoms in total. The van der Waals surface area contributed by atoms with Crippen LogP contribution < -0.4 is 5.19 Å². The molecule has 0 unspecified atom stereocenters. The predicted octanol–water partition coefficient (Wildman–Crippen LogP) is 5.33. The Balaban J connectivity index is 1.67. The lowest BCUT2D eigenvalue weighted by Crippen LogP contribution is -2.22.